The third-order valence-corrected chi connectivity index (χ3v) is 5.12. The molecule has 0 saturated carbocycles. The molecule has 146 valence electrons. The summed E-state index contributed by atoms with van der Waals surface area (Å²) in [4.78, 5) is 33.6. The number of nitrogens with zero attached hydrogens (tertiary/aromatic N) is 5. The van der Waals surface area contributed by atoms with E-state index in [1.165, 1.54) is 0 Å². The Kier molecular flexibility index (Phi) is 5.52. The number of piperidine rings is 1. The molecule has 2 aromatic rings. The van der Waals surface area contributed by atoms with E-state index in [4.69, 9.17) is 0 Å². The zero-order valence-electron chi connectivity index (χ0n) is 17.7. The van der Waals surface area contributed by atoms with E-state index in [-0.39, 0.29) is 5.78 Å². The van der Waals surface area contributed by atoms with Crippen LogP contribution in [-0.2, 0) is 4.79 Å². The van der Waals surface area contributed by atoms with Gasteiger partial charge in [0.1, 0.15) is 0 Å². The first kappa shape index (κ1) is 20.0. The molecule has 3 heterocycles. The van der Waals surface area contributed by atoms with Crippen molar-refractivity contribution in [3.05, 3.63) is 56.7 Å². The summed E-state index contributed by atoms with van der Waals surface area (Å²) >= 11 is 0. The number of likely N-dealkylation sites (tertiary alicyclic amines) is 1. The molecule has 0 aliphatic carbocycles. The highest BCUT2D eigenvalue weighted by atomic mass is 16.1. The van der Waals surface area contributed by atoms with E-state index < -0.39 is 0 Å². The van der Waals surface area contributed by atoms with E-state index in [2.05, 4.69) is 24.8 Å². The monoisotopic (exact) mass is 377 g/mol. The van der Waals surface area contributed by atoms with Crippen molar-refractivity contribution in [3.8, 4) is 0 Å². The summed E-state index contributed by atoms with van der Waals surface area (Å²) in [6.07, 6.45) is 3.75. The summed E-state index contributed by atoms with van der Waals surface area (Å²) in [5.41, 5.74) is 8.19. The molecule has 1 saturated heterocycles. The minimum Gasteiger partial charge on any atom is -0.298 e. The van der Waals surface area contributed by atoms with Crippen molar-refractivity contribution in [3.63, 3.8) is 0 Å². The van der Waals surface area contributed by atoms with Gasteiger partial charge in [-0.25, -0.2) is 9.97 Å². The molecule has 1 fully saturated rings. The number of hydrogen-bond acceptors (Lipinski definition) is 6. The second-order valence-electron chi connectivity index (χ2n) is 7.57. The Labute approximate surface area is 166 Å². The van der Waals surface area contributed by atoms with Crippen LogP contribution < -0.4 is 0 Å². The molecule has 0 bridgehead atoms. The maximum absolute atomic E-state index is 13.1. The van der Waals surface area contributed by atoms with Gasteiger partial charge in [0.15, 0.2) is 5.78 Å². The first-order valence-corrected chi connectivity index (χ1v) is 9.43. The molecule has 0 aromatic carbocycles. The van der Waals surface area contributed by atoms with Crippen molar-refractivity contribution in [2.45, 2.75) is 41.5 Å². The van der Waals surface area contributed by atoms with E-state index in [9.17, 15) is 4.79 Å². The number of carbonyl (C=O) groups excluding carboxylic acids is 1. The van der Waals surface area contributed by atoms with Crippen molar-refractivity contribution in [2.24, 2.45) is 0 Å². The molecule has 28 heavy (non-hydrogen) atoms. The second-order valence-corrected chi connectivity index (χ2v) is 7.57. The lowest BCUT2D eigenvalue weighted by Crippen LogP contribution is -2.34. The third kappa shape index (κ3) is 4.07. The topological polar surface area (TPSA) is 71.9 Å². The van der Waals surface area contributed by atoms with Crippen LogP contribution in [-0.4, -0.2) is 50.8 Å². The van der Waals surface area contributed by atoms with E-state index in [1.54, 1.807) is 0 Å². The maximum Gasteiger partial charge on any atom is 0.187 e. The molecular weight excluding hydrogens is 350 g/mol. The van der Waals surface area contributed by atoms with Crippen LogP contribution in [0.25, 0.3) is 12.2 Å². The van der Waals surface area contributed by atoms with Gasteiger partial charge >= 0.3 is 0 Å². The Morgan fingerprint density at radius 3 is 1.39 bits per heavy atom. The van der Waals surface area contributed by atoms with Gasteiger partial charge in [-0.05, 0) is 60.7 Å². The SMILES string of the molecule is Cc1nc(C)c(/C=C2\CN(C)C/C(=C\c3nc(C)c(C)nc3C)C2=O)nc1C. The van der Waals surface area contributed by atoms with Gasteiger partial charge in [-0.1, -0.05) is 0 Å². The number of carbonyl (C=O) groups is 1. The molecular formula is C22H27N5O. The summed E-state index contributed by atoms with van der Waals surface area (Å²) in [6, 6.07) is 0. The van der Waals surface area contributed by atoms with Crippen LogP contribution in [0.1, 0.15) is 45.6 Å². The van der Waals surface area contributed by atoms with Gasteiger partial charge in [-0.15, -0.1) is 0 Å². The Morgan fingerprint density at radius 2 is 1.00 bits per heavy atom. The highest BCUT2D eigenvalue weighted by Gasteiger charge is 2.25. The first-order chi connectivity index (χ1) is 13.2. The lowest BCUT2D eigenvalue weighted by molar-refractivity contribution is -0.113. The van der Waals surface area contributed by atoms with Gasteiger partial charge in [-0.3, -0.25) is 19.7 Å². The van der Waals surface area contributed by atoms with Crippen LogP contribution in [0.3, 0.4) is 0 Å². The molecule has 0 radical (unpaired) electrons. The highest BCUT2D eigenvalue weighted by Crippen LogP contribution is 2.22. The maximum atomic E-state index is 13.1. The van der Waals surface area contributed by atoms with Crippen molar-refractivity contribution >= 4 is 17.9 Å². The molecule has 3 rings (SSSR count). The average Bonchev–Trinajstić information content (AvgIpc) is 2.61. The van der Waals surface area contributed by atoms with E-state index in [1.807, 2.05) is 60.7 Å². The minimum absolute atomic E-state index is 0.0388. The zero-order valence-corrected chi connectivity index (χ0v) is 17.7. The number of ketones is 1. The van der Waals surface area contributed by atoms with Crippen LogP contribution in [0, 0.1) is 41.5 Å². The largest absolute Gasteiger partial charge is 0.298 e. The number of aryl methyl sites for hydroxylation is 6. The third-order valence-electron chi connectivity index (χ3n) is 5.12. The fraction of sp³-hybridized carbons (Fsp3) is 0.409. The molecule has 0 spiro atoms. The van der Waals surface area contributed by atoms with E-state index in [0.717, 1.165) is 56.7 Å². The highest BCUT2D eigenvalue weighted by molar-refractivity contribution is 6.14. The smallest absolute Gasteiger partial charge is 0.187 e. The Morgan fingerprint density at radius 1 is 0.643 bits per heavy atom. The molecule has 1 aliphatic rings. The van der Waals surface area contributed by atoms with Crippen molar-refractivity contribution in [1.29, 1.82) is 0 Å². The molecule has 0 N–H and O–H groups in total. The van der Waals surface area contributed by atoms with Gasteiger partial charge < -0.3 is 0 Å². The summed E-state index contributed by atoms with van der Waals surface area (Å²) in [5, 5.41) is 0. The molecule has 0 amide bonds. The number of hydrogen-bond donors (Lipinski definition) is 0. The van der Waals surface area contributed by atoms with Crippen LogP contribution in [0.4, 0.5) is 0 Å². The molecule has 1 aliphatic heterocycles. The van der Waals surface area contributed by atoms with Crippen LogP contribution >= 0.6 is 0 Å². The molecule has 0 unspecified atom stereocenters. The molecule has 2 aromatic heterocycles. The summed E-state index contributed by atoms with van der Waals surface area (Å²) in [7, 11) is 2.01. The lowest BCUT2D eigenvalue weighted by Gasteiger charge is -2.26. The first-order valence-electron chi connectivity index (χ1n) is 9.43. The minimum atomic E-state index is 0.0388. The van der Waals surface area contributed by atoms with E-state index in [0.29, 0.717) is 13.1 Å². The van der Waals surface area contributed by atoms with Gasteiger partial charge in [0, 0.05) is 24.2 Å². The van der Waals surface area contributed by atoms with Crippen LogP contribution in [0.5, 0.6) is 0 Å². The number of rotatable bonds is 2. The van der Waals surface area contributed by atoms with Crippen molar-refractivity contribution in [2.75, 3.05) is 20.1 Å². The number of Topliss-reactive ketones (excluding diaryl/α,β-unsaturated/α-hetero) is 1. The zero-order chi connectivity index (χ0) is 20.6. The van der Waals surface area contributed by atoms with Crippen LogP contribution in [0.15, 0.2) is 11.1 Å². The fourth-order valence-corrected chi connectivity index (χ4v) is 3.28. The van der Waals surface area contributed by atoms with Crippen molar-refractivity contribution < 1.29 is 4.79 Å². The van der Waals surface area contributed by atoms with Gasteiger partial charge in [0.05, 0.1) is 45.6 Å². The van der Waals surface area contributed by atoms with Gasteiger partial charge in [0.2, 0.25) is 0 Å². The number of likely N-dealkylation sites (N-methyl/N-ethyl adjacent to an activating group) is 1. The van der Waals surface area contributed by atoms with Crippen LogP contribution in [0.2, 0.25) is 0 Å². The Hall–Kier alpha value is -2.73. The quantitative estimate of drug-likeness (QED) is 0.749. The predicted molar refractivity (Wildman–Crippen MR) is 111 cm³/mol. The Bertz CT molecular complexity index is 941. The number of aromatic nitrogens is 4. The molecule has 6 heteroatoms. The Balaban J connectivity index is 2.02. The summed E-state index contributed by atoms with van der Waals surface area (Å²) < 4.78 is 0. The predicted octanol–water partition coefficient (Wildman–Crippen LogP) is 3.10. The van der Waals surface area contributed by atoms with Gasteiger partial charge in [-0.2, -0.15) is 0 Å². The fourth-order valence-electron chi connectivity index (χ4n) is 3.28. The second kappa shape index (κ2) is 7.72. The van der Waals surface area contributed by atoms with Crippen molar-refractivity contribution in [1.82, 2.24) is 24.8 Å². The van der Waals surface area contributed by atoms with E-state index >= 15 is 0 Å². The molecule has 0 atom stereocenters. The normalized spacial score (nSPS) is 18.3. The molecule has 6 nitrogen and oxygen atoms in total. The summed E-state index contributed by atoms with van der Waals surface area (Å²) in [6.45, 7) is 12.8. The van der Waals surface area contributed by atoms with Gasteiger partial charge in [0.25, 0.3) is 0 Å². The lowest BCUT2D eigenvalue weighted by atomic mass is 9.95. The standard InChI is InChI=1S/C22H27N5O/c1-12-14(3)25-20(16(5)23-12)8-18-10-27(7)11-19(22(18)28)9-21-17(6)24-13(2)15(4)26-21/h8-9H,10-11H2,1-7H3/b18-8+,19-9+. The average molecular weight is 377 g/mol. The summed E-state index contributed by atoms with van der Waals surface area (Å²) in [5.74, 6) is 0.0388.